The number of sulfonamides is 1. The molecule has 0 spiro atoms. The van der Waals surface area contributed by atoms with Gasteiger partial charge in [0.05, 0.1) is 22.6 Å². The molecule has 1 aliphatic heterocycles. The number of methoxy groups -OCH3 is 1. The van der Waals surface area contributed by atoms with Crippen LogP contribution in [0.3, 0.4) is 0 Å². The van der Waals surface area contributed by atoms with E-state index in [1.807, 2.05) is 0 Å². The summed E-state index contributed by atoms with van der Waals surface area (Å²) < 4.78 is 54.3. The smallest absolute Gasteiger partial charge is 0.316 e. The first-order chi connectivity index (χ1) is 22.4. The first kappa shape index (κ1) is 34.1. The molecule has 1 fully saturated rings. The molecule has 4 aromatic rings. The maximum atomic E-state index is 13.8. The number of nitrogens with zero attached hydrogens (tertiary/aromatic N) is 5. The van der Waals surface area contributed by atoms with Gasteiger partial charge in [0, 0.05) is 25.5 Å². The molecule has 47 heavy (non-hydrogen) atoms. The largest absolute Gasteiger partial charge is 0.493 e. The Morgan fingerprint density at radius 3 is 2.34 bits per heavy atom. The van der Waals surface area contributed by atoms with Gasteiger partial charge in [0.25, 0.3) is 15.9 Å². The van der Waals surface area contributed by atoms with Gasteiger partial charge < -0.3 is 29.0 Å². The number of piperidine rings is 1. The first-order valence-corrected chi connectivity index (χ1v) is 17.2. The number of aliphatic hydroxyl groups is 1. The van der Waals surface area contributed by atoms with Crippen LogP contribution < -0.4 is 28.6 Å². The van der Waals surface area contributed by atoms with E-state index in [-0.39, 0.29) is 65.2 Å². The summed E-state index contributed by atoms with van der Waals surface area (Å²) in [5.41, 5.74) is 0.821. The second-order valence-electron chi connectivity index (χ2n) is 11.8. The van der Waals surface area contributed by atoms with E-state index in [4.69, 9.17) is 18.9 Å². The van der Waals surface area contributed by atoms with Gasteiger partial charge in [0.15, 0.2) is 17.3 Å². The Morgan fingerprint density at radius 2 is 1.68 bits per heavy atom. The molecule has 2 aromatic carbocycles. The number of hydrogen-bond acceptors (Lipinski definition) is 12. The number of anilines is 2. The van der Waals surface area contributed by atoms with Gasteiger partial charge in [-0.15, -0.1) is 0 Å². The number of aromatic nitrogens is 4. The van der Waals surface area contributed by atoms with Gasteiger partial charge >= 0.3 is 6.01 Å². The van der Waals surface area contributed by atoms with E-state index >= 15 is 0 Å². The van der Waals surface area contributed by atoms with Crippen molar-refractivity contribution in [2.45, 2.75) is 50.0 Å². The Hall–Kier alpha value is -4.21. The summed E-state index contributed by atoms with van der Waals surface area (Å²) in [5.74, 6) is 0.521. The van der Waals surface area contributed by atoms with Crippen molar-refractivity contribution >= 4 is 37.7 Å². The molecule has 5 rings (SSSR count). The van der Waals surface area contributed by atoms with Gasteiger partial charge in [-0.3, -0.25) is 4.72 Å². The third-order valence-electron chi connectivity index (χ3n) is 7.19. The van der Waals surface area contributed by atoms with Crippen LogP contribution in [-0.2, 0) is 15.4 Å². The number of rotatable bonds is 12. The lowest BCUT2D eigenvalue weighted by Crippen LogP contribution is -2.39. The minimum Gasteiger partial charge on any atom is -0.493 e. The molecule has 1 unspecified atom stereocenters. The molecule has 13 nitrogen and oxygen atoms in total. The van der Waals surface area contributed by atoms with Crippen molar-refractivity contribution in [1.82, 2.24) is 19.9 Å². The van der Waals surface area contributed by atoms with Crippen LogP contribution in [0.25, 0.3) is 0 Å². The van der Waals surface area contributed by atoms with Crippen LogP contribution in [0.15, 0.2) is 70.3 Å². The molecule has 15 heteroatoms. The molecule has 0 bridgehead atoms. The highest BCUT2D eigenvalue weighted by atomic mass is 79.9. The minimum atomic E-state index is -4.17. The third-order valence-corrected chi connectivity index (χ3v) is 8.96. The molecule has 0 saturated carbocycles. The van der Waals surface area contributed by atoms with Crippen molar-refractivity contribution in [3.63, 3.8) is 0 Å². The first-order valence-electron chi connectivity index (χ1n) is 15.0. The number of ether oxygens (including phenoxy) is 4. The minimum absolute atomic E-state index is 0.0265. The highest BCUT2D eigenvalue weighted by Gasteiger charge is 2.28. The summed E-state index contributed by atoms with van der Waals surface area (Å²) in [6.07, 6.45) is 3.85. The molecule has 0 aliphatic carbocycles. The lowest BCUT2D eigenvalue weighted by Gasteiger charge is -2.30. The zero-order chi connectivity index (χ0) is 33.6. The van der Waals surface area contributed by atoms with Crippen LogP contribution in [0.4, 0.5) is 11.8 Å². The highest BCUT2D eigenvalue weighted by molar-refractivity contribution is 9.10. The molecule has 250 valence electrons. The van der Waals surface area contributed by atoms with Crippen LogP contribution in [0.5, 0.6) is 29.1 Å². The van der Waals surface area contributed by atoms with Gasteiger partial charge in [0.2, 0.25) is 11.7 Å². The van der Waals surface area contributed by atoms with Crippen LogP contribution in [0.1, 0.15) is 39.2 Å². The number of nitrogens with one attached hydrogen (secondary N) is 1. The van der Waals surface area contributed by atoms with Gasteiger partial charge in [-0.2, -0.15) is 9.97 Å². The second-order valence-corrected chi connectivity index (χ2v) is 14.4. The lowest BCUT2D eigenvalue weighted by molar-refractivity contribution is 0.153. The Balaban J connectivity index is 1.54. The highest BCUT2D eigenvalue weighted by Crippen LogP contribution is 2.42. The number of aliphatic hydroxyl groups excluding tert-OH is 1. The maximum Gasteiger partial charge on any atom is 0.316 e. The molecule has 2 aromatic heterocycles. The van der Waals surface area contributed by atoms with Gasteiger partial charge in [-0.1, -0.05) is 45.0 Å². The average molecular weight is 730 g/mol. The van der Waals surface area contributed by atoms with Crippen molar-refractivity contribution in [1.29, 1.82) is 0 Å². The summed E-state index contributed by atoms with van der Waals surface area (Å²) in [5, 5.41) is 10.4. The summed E-state index contributed by atoms with van der Waals surface area (Å²) >= 11 is 3.29. The predicted octanol–water partition coefficient (Wildman–Crippen LogP) is 5.35. The number of benzene rings is 2. The number of β-amino-alcohol motifs (C(OH)–C–C–N with tert-alkyl or cyclic N) is 1. The van der Waals surface area contributed by atoms with Gasteiger partial charge in [0.1, 0.15) is 13.2 Å². The molecule has 1 saturated heterocycles. The fourth-order valence-electron chi connectivity index (χ4n) is 4.74. The standard InChI is InChI=1S/C32H37BrN6O7S/c1-32(2,3)21-11-13-24(14-12-21)47(41,42)38-28-27(46-26-10-6-5-9-25(26)43-4)29(37-30(36-28)39-15-7-8-23(40)20-39)44-16-17-45-31-34-18-22(33)19-35-31/h5-6,9-14,18-19,23,40H,7-8,15-17,20H2,1-4H3,(H,36,37,38). The molecule has 1 aliphatic rings. The maximum absolute atomic E-state index is 13.8. The monoisotopic (exact) mass is 728 g/mol. The van der Waals surface area contributed by atoms with Crippen LogP contribution in [0.2, 0.25) is 0 Å². The van der Waals surface area contributed by atoms with E-state index in [2.05, 4.69) is 61.4 Å². The molecule has 3 heterocycles. The zero-order valence-corrected chi connectivity index (χ0v) is 28.9. The molecule has 2 N–H and O–H groups in total. The zero-order valence-electron chi connectivity index (χ0n) is 26.5. The van der Waals surface area contributed by atoms with Gasteiger partial charge in [-0.25, -0.2) is 18.4 Å². The number of para-hydroxylation sites is 2. The third kappa shape index (κ3) is 8.78. The topological polar surface area (TPSA) is 158 Å². The van der Waals surface area contributed by atoms with Crippen LogP contribution in [-0.4, -0.2) is 73.0 Å². The predicted molar refractivity (Wildman–Crippen MR) is 179 cm³/mol. The Labute approximate surface area is 282 Å². The fraction of sp³-hybridized carbons (Fsp3) is 0.375. The number of halogens is 1. The van der Waals surface area contributed by atoms with Crippen molar-refractivity contribution in [3.8, 4) is 29.1 Å². The van der Waals surface area contributed by atoms with E-state index < -0.39 is 16.1 Å². The molecule has 0 amide bonds. The SMILES string of the molecule is COc1ccccc1Oc1c(NS(=O)(=O)c2ccc(C(C)(C)C)cc2)nc(N2CCCC(O)C2)nc1OCCOc1ncc(Br)cn1. The Morgan fingerprint density at radius 1 is 1.00 bits per heavy atom. The Kier molecular flexibility index (Phi) is 10.7. The van der Waals surface area contributed by atoms with Crippen LogP contribution >= 0.6 is 15.9 Å². The lowest BCUT2D eigenvalue weighted by atomic mass is 9.87. The van der Waals surface area contributed by atoms with E-state index in [1.54, 1.807) is 65.8 Å². The quantitative estimate of drug-likeness (QED) is 0.181. The van der Waals surface area contributed by atoms with Gasteiger partial charge in [-0.05, 0) is 64.0 Å². The van der Waals surface area contributed by atoms with E-state index in [9.17, 15) is 13.5 Å². The van der Waals surface area contributed by atoms with Crippen molar-refractivity contribution in [3.05, 3.63) is 71.0 Å². The summed E-state index contributed by atoms with van der Waals surface area (Å²) in [7, 11) is -2.67. The van der Waals surface area contributed by atoms with E-state index in [0.717, 1.165) is 5.56 Å². The van der Waals surface area contributed by atoms with Crippen molar-refractivity contribution in [2.24, 2.45) is 0 Å². The fourth-order valence-corrected chi connectivity index (χ4v) is 5.94. The molecule has 1 atom stereocenters. The average Bonchev–Trinajstić information content (AvgIpc) is 3.04. The van der Waals surface area contributed by atoms with Crippen molar-refractivity contribution < 1.29 is 32.5 Å². The number of hydrogen-bond donors (Lipinski definition) is 2. The second kappa shape index (κ2) is 14.7. The summed E-state index contributed by atoms with van der Waals surface area (Å²) in [6.45, 7) is 6.97. The normalized spacial score (nSPS) is 15.2. The van der Waals surface area contributed by atoms with Crippen molar-refractivity contribution in [2.75, 3.05) is 43.0 Å². The molecule has 0 radical (unpaired) electrons. The summed E-state index contributed by atoms with van der Waals surface area (Å²) in [4.78, 5) is 19.2. The summed E-state index contributed by atoms with van der Waals surface area (Å²) in [6, 6.07) is 13.7. The van der Waals surface area contributed by atoms with Crippen LogP contribution in [0, 0.1) is 0 Å². The Bertz CT molecular complexity index is 1770. The van der Waals surface area contributed by atoms with E-state index in [1.165, 1.54) is 7.11 Å². The van der Waals surface area contributed by atoms with E-state index in [0.29, 0.717) is 29.6 Å². The molecular weight excluding hydrogens is 692 g/mol. The molecular formula is C32H37BrN6O7S.